The topological polar surface area (TPSA) is 65.4 Å². The summed E-state index contributed by atoms with van der Waals surface area (Å²) in [6.45, 7) is 2.01. The largest absolute Gasteiger partial charge is 0.497 e. The van der Waals surface area contributed by atoms with Crippen LogP contribution in [0.15, 0.2) is 78.9 Å². The minimum atomic E-state index is -0.202. The summed E-state index contributed by atoms with van der Waals surface area (Å²) in [5, 5.41) is 8.49. The van der Waals surface area contributed by atoms with Crippen molar-refractivity contribution in [2.75, 3.05) is 14.2 Å². The van der Waals surface area contributed by atoms with Crippen LogP contribution >= 0.6 is 11.6 Å². The van der Waals surface area contributed by atoms with Crippen molar-refractivity contribution in [1.82, 2.24) is 15.1 Å². The number of amides is 1. The summed E-state index contributed by atoms with van der Waals surface area (Å²) >= 11 is 6.09. The second-order valence-electron chi connectivity index (χ2n) is 8.27. The molecule has 1 aromatic heterocycles. The van der Waals surface area contributed by atoms with Crippen LogP contribution in [0.1, 0.15) is 29.4 Å². The molecule has 6 nitrogen and oxygen atoms in total. The van der Waals surface area contributed by atoms with Crippen molar-refractivity contribution in [2.24, 2.45) is 0 Å². The van der Waals surface area contributed by atoms with Gasteiger partial charge in [0.05, 0.1) is 25.6 Å². The summed E-state index contributed by atoms with van der Waals surface area (Å²) in [6.07, 6.45) is 1.71. The van der Waals surface area contributed by atoms with Crippen molar-refractivity contribution in [1.29, 1.82) is 0 Å². The van der Waals surface area contributed by atoms with Gasteiger partial charge >= 0.3 is 0 Å². The summed E-state index contributed by atoms with van der Waals surface area (Å²) in [6, 6.07) is 24.7. The van der Waals surface area contributed by atoms with E-state index in [1.54, 1.807) is 43.2 Å². The van der Waals surface area contributed by atoms with Gasteiger partial charge in [-0.15, -0.1) is 0 Å². The van der Waals surface area contributed by atoms with Gasteiger partial charge in [-0.25, -0.2) is 4.68 Å². The number of aromatic nitrogens is 2. The van der Waals surface area contributed by atoms with E-state index in [0.717, 1.165) is 24.1 Å². The zero-order chi connectivity index (χ0) is 24.8. The second kappa shape index (κ2) is 11.1. The zero-order valence-corrected chi connectivity index (χ0v) is 20.8. The molecule has 0 fully saturated rings. The van der Waals surface area contributed by atoms with E-state index in [1.807, 2.05) is 49.4 Å². The smallest absolute Gasteiger partial charge is 0.270 e. The van der Waals surface area contributed by atoms with Crippen LogP contribution in [-0.2, 0) is 6.42 Å². The Morgan fingerprint density at radius 2 is 1.74 bits per heavy atom. The van der Waals surface area contributed by atoms with E-state index in [1.165, 1.54) is 5.56 Å². The van der Waals surface area contributed by atoms with Gasteiger partial charge in [0.2, 0.25) is 0 Å². The first-order valence-corrected chi connectivity index (χ1v) is 11.8. The molecule has 0 saturated carbocycles. The van der Waals surface area contributed by atoms with Crippen LogP contribution in [-0.4, -0.2) is 35.9 Å². The van der Waals surface area contributed by atoms with Crippen LogP contribution in [0.5, 0.6) is 11.5 Å². The molecule has 0 aliphatic rings. The molecule has 7 heteroatoms. The molecule has 1 N–H and O–H groups in total. The standard InChI is InChI=1S/C28H28ClN3O3/c1-19(9-10-20-7-5-4-6-8-20)30-28(33)26-18-25(24-16-15-23(34-2)17-27(24)35-3)31-32(26)22-13-11-21(29)12-14-22/h4-8,11-19H,9-10H2,1-3H3,(H,30,33). The Labute approximate surface area is 210 Å². The molecular weight excluding hydrogens is 462 g/mol. The van der Waals surface area contributed by atoms with Crippen LogP contribution in [0, 0.1) is 0 Å². The molecule has 4 aromatic rings. The Morgan fingerprint density at radius 3 is 2.43 bits per heavy atom. The van der Waals surface area contributed by atoms with Gasteiger partial charge in [-0.05, 0) is 67.8 Å². The van der Waals surface area contributed by atoms with Crippen molar-refractivity contribution in [2.45, 2.75) is 25.8 Å². The van der Waals surface area contributed by atoms with Crippen molar-refractivity contribution >= 4 is 17.5 Å². The van der Waals surface area contributed by atoms with Gasteiger partial charge in [-0.2, -0.15) is 5.10 Å². The monoisotopic (exact) mass is 489 g/mol. The highest BCUT2D eigenvalue weighted by molar-refractivity contribution is 6.30. The summed E-state index contributed by atoms with van der Waals surface area (Å²) in [4.78, 5) is 13.4. The quantitative estimate of drug-likeness (QED) is 0.315. The molecule has 1 amide bonds. The number of aryl methyl sites for hydroxylation is 1. The van der Waals surface area contributed by atoms with E-state index in [9.17, 15) is 4.79 Å². The number of benzene rings is 3. The van der Waals surface area contributed by atoms with E-state index < -0.39 is 0 Å². The number of ether oxygens (including phenoxy) is 2. The normalized spacial score (nSPS) is 11.7. The molecule has 0 bridgehead atoms. The summed E-state index contributed by atoms with van der Waals surface area (Å²) < 4.78 is 12.5. The molecule has 3 aromatic carbocycles. The highest BCUT2D eigenvalue weighted by Gasteiger charge is 2.21. The molecular formula is C28H28ClN3O3. The number of rotatable bonds is 9. The number of hydrogen-bond donors (Lipinski definition) is 1. The van der Waals surface area contributed by atoms with Crippen molar-refractivity contribution in [3.63, 3.8) is 0 Å². The molecule has 1 unspecified atom stereocenters. The molecule has 0 aliphatic heterocycles. The second-order valence-corrected chi connectivity index (χ2v) is 8.70. The van der Waals surface area contributed by atoms with Gasteiger partial charge in [0.25, 0.3) is 5.91 Å². The predicted molar refractivity (Wildman–Crippen MR) is 139 cm³/mol. The van der Waals surface area contributed by atoms with Crippen molar-refractivity contribution < 1.29 is 14.3 Å². The fraction of sp³-hybridized carbons (Fsp3) is 0.214. The lowest BCUT2D eigenvalue weighted by atomic mass is 10.1. The highest BCUT2D eigenvalue weighted by Crippen LogP contribution is 2.33. The summed E-state index contributed by atoms with van der Waals surface area (Å²) in [7, 11) is 3.20. The summed E-state index contributed by atoms with van der Waals surface area (Å²) in [5.74, 6) is 1.08. The average molecular weight is 490 g/mol. The molecule has 1 heterocycles. The van der Waals surface area contributed by atoms with Gasteiger partial charge < -0.3 is 14.8 Å². The van der Waals surface area contributed by atoms with E-state index in [4.69, 9.17) is 26.2 Å². The predicted octanol–water partition coefficient (Wildman–Crippen LogP) is 5.96. The lowest BCUT2D eigenvalue weighted by molar-refractivity contribution is 0.0930. The number of carbonyl (C=O) groups is 1. The summed E-state index contributed by atoms with van der Waals surface area (Å²) in [5.41, 5.74) is 3.77. The first-order chi connectivity index (χ1) is 17.0. The maximum Gasteiger partial charge on any atom is 0.270 e. The van der Waals surface area contributed by atoms with Crippen molar-refractivity contribution in [3.05, 3.63) is 95.1 Å². The minimum absolute atomic E-state index is 0.0183. The van der Waals surface area contributed by atoms with Crippen LogP contribution in [0.4, 0.5) is 0 Å². The molecule has 0 radical (unpaired) electrons. The van der Waals surface area contributed by atoms with E-state index >= 15 is 0 Å². The maximum absolute atomic E-state index is 13.4. The number of carbonyl (C=O) groups excluding carboxylic acids is 1. The van der Waals surface area contributed by atoms with Crippen LogP contribution in [0.3, 0.4) is 0 Å². The van der Waals surface area contributed by atoms with Crippen LogP contribution in [0.2, 0.25) is 5.02 Å². The van der Waals surface area contributed by atoms with E-state index in [-0.39, 0.29) is 11.9 Å². The Morgan fingerprint density at radius 1 is 1.00 bits per heavy atom. The number of hydrogen-bond acceptors (Lipinski definition) is 4. The molecule has 4 rings (SSSR count). The Hall–Kier alpha value is -3.77. The number of methoxy groups -OCH3 is 2. The fourth-order valence-electron chi connectivity index (χ4n) is 3.86. The highest BCUT2D eigenvalue weighted by atomic mass is 35.5. The molecule has 0 saturated heterocycles. The molecule has 1 atom stereocenters. The van der Waals surface area contributed by atoms with Gasteiger partial charge in [-0.1, -0.05) is 41.9 Å². The van der Waals surface area contributed by atoms with Crippen LogP contribution < -0.4 is 14.8 Å². The van der Waals surface area contributed by atoms with Crippen molar-refractivity contribution in [3.8, 4) is 28.4 Å². The molecule has 0 aliphatic carbocycles. The lowest BCUT2D eigenvalue weighted by Gasteiger charge is -2.14. The minimum Gasteiger partial charge on any atom is -0.497 e. The number of nitrogens with one attached hydrogen (secondary N) is 1. The zero-order valence-electron chi connectivity index (χ0n) is 20.0. The number of halogens is 1. The molecule has 180 valence electrons. The van der Waals surface area contributed by atoms with Gasteiger partial charge in [0.1, 0.15) is 17.2 Å². The van der Waals surface area contributed by atoms with E-state index in [2.05, 4.69) is 17.4 Å². The molecule has 0 spiro atoms. The van der Waals surface area contributed by atoms with Gasteiger partial charge in [0.15, 0.2) is 0 Å². The SMILES string of the molecule is COc1ccc(-c2cc(C(=O)NC(C)CCc3ccccc3)n(-c3ccc(Cl)cc3)n2)c(OC)c1. The Balaban J connectivity index is 1.64. The third-order valence-electron chi connectivity index (χ3n) is 5.78. The number of nitrogens with zero attached hydrogens (tertiary/aromatic N) is 2. The molecule has 35 heavy (non-hydrogen) atoms. The third-order valence-corrected chi connectivity index (χ3v) is 6.04. The van der Waals surface area contributed by atoms with Crippen LogP contribution in [0.25, 0.3) is 16.9 Å². The first-order valence-electron chi connectivity index (χ1n) is 11.4. The first kappa shape index (κ1) is 24.4. The average Bonchev–Trinajstić information content (AvgIpc) is 3.33. The Kier molecular flexibility index (Phi) is 7.73. The van der Waals surface area contributed by atoms with Gasteiger partial charge in [-0.3, -0.25) is 4.79 Å². The van der Waals surface area contributed by atoms with Gasteiger partial charge in [0, 0.05) is 22.7 Å². The van der Waals surface area contributed by atoms with E-state index in [0.29, 0.717) is 27.9 Å². The lowest BCUT2D eigenvalue weighted by Crippen LogP contribution is -2.34. The maximum atomic E-state index is 13.4. The Bertz CT molecular complexity index is 1290. The fourth-order valence-corrected chi connectivity index (χ4v) is 3.99. The third kappa shape index (κ3) is 5.84.